The zero-order valence-corrected chi connectivity index (χ0v) is 13.0. The van der Waals surface area contributed by atoms with E-state index in [0.29, 0.717) is 0 Å². The van der Waals surface area contributed by atoms with E-state index in [1.54, 1.807) is 13.0 Å². The summed E-state index contributed by atoms with van der Waals surface area (Å²) in [6.45, 7) is 1.59. The molecule has 4 rings (SSSR count). The van der Waals surface area contributed by atoms with Crippen molar-refractivity contribution in [2.24, 2.45) is 0 Å². The Hall–Kier alpha value is -2.45. The first-order valence-corrected chi connectivity index (χ1v) is 8.08. The number of carbonyl (C=O) groups is 1. The monoisotopic (exact) mass is 302 g/mol. The summed E-state index contributed by atoms with van der Waals surface area (Å²) in [5.41, 5.74) is 3.60. The maximum atomic E-state index is 11.4. The van der Waals surface area contributed by atoms with E-state index in [1.165, 1.54) is 31.3 Å². The van der Waals surface area contributed by atoms with Crippen LogP contribution >= 0.6 is 11.3 Å². The third-order valence-electron chi connectivity index (χ3n) is 3.92. The van der Waals surface area contributed by atoms with Crippen LogP contribution in [0.5, 0.6) is 0 Å². The Kier molecular flexibility index (Phi) is 3.05. The van der Waals surface area contributed by atoms with Gasteiger partial charge >= 0.3 is 0 Å². The maximum Gasteiger partial charge on any atom is 0.152 e. The molecule has 1 nitrogen and oxygen atoms in total. The molecule has 0 aliphatic heterocycles. The molecule has 2 aromatic rings. The minimum absolute atomic E-state index is 0.0716. The minimum atomic E-state index is 0.0716. The highest BCUT2D eigenvalue weighted by atomic mass is 32.1. The van der Waals surface area contributed by atoms with E-state index in [1.807, 2.05) is 23.5 Å². The second-order valence-electron chi connectivity index (χ2n) is 5.40. The summed E-state index contributed by atoms with van der Waals surface area (Å²) >= 11 is 1.82. The molecule has 0 unspecified atom stereocenters. The van der Waals surface area contributed by atoms with E-state index in [9.17, 15) is 4.79 Å². The fourth-order valence-electron chi connectivity index (χ4n) is 2.99. The summed E-state index contributed by atoms with van der Waals surface area (Å²) in [5.74, 6) is 0.0716. The Morgan fingerprint density at radius 2 is 1.68 bits per heavy atom. The number of rotatable bonds is 2. The van der Waals surface area contributed by atoms with Gasteiger partial charge in [-0.05, 0) is 30.2 Å². The number of ketones is 1. The van der Waals surface area contributed by atoms with Crippen LogP contribution in [0, 0.1) is 0 Å². The molecule has 22 heavy (non-hydrogen) atoms. The fourth-order valence-corrected chi connectivity index (χ4v) is 4.25. The first kappa shape index (κ1) is 13.2. The maximum absolute atomic E-state index is 11.4. The molecule has 1 heterocycles. The van der Waals surface area contributed by atoms with Crippen molar-refractivity contribution in [2.75, 3.05) is 0 Å². The number of benzene rings is 1. The third kappa shape index (κ3) is 1.96. The van der Waals surface area contributed by atoms with E-state index in [-0.39, 0.29) is 5.78 Å². The van der Waals surface area contributed by atoms with Gasteiger partial charge in [0.1, 0.15) is 0 Å². The average molecular weight is 302 g/mol. The van der Waals surface area contributed by atoms with E-state index in [0.717, 1.165) is 5.56 Å². The van der Waals surface area contributed by atoms with Crippen molar-refractivity contribution in [1.82, 2.24) is 0 Å². The molecule has 0 saturated carbocycles. The molecule has 0 amide bonds. The lowest BCUT2D eigenvalue weighted by molar-refractivity contribution is -0.112. The Labute approximate surface area is 132 Å². The molecular formula is C20H14OS. The van der Waals surface area contributed by atoms with Gasteiger partial charge in [-0.25, -0.2) is 0 Å². The molecule has 2 aliphatic carbocycles. The predicted octanol–water partition coefficient (Wildman–Crippen LogP) is 5.76. The Balaban J connectivity index is 2.20. The lowest BCUT2D eigenvalue weighted by Crippen LogP contribution is -1.80. The van der Waals surface area contributed by atoms with Crippen molar-refractivity contribution in [2.45, 2.75) is 6.92 Å². The molecule has 0 N–H and O–H groups in total. The Morgan fingerprint density at radius 3 is 2.50 bits per heavy atom. The lowest BCUT2D eigenvalue weighted by atomic mass is 10.1. The van der Waals surface area contributed by atoms with Crippen molar-refractivity contribution < 1.29 is 4.79 Å². The molecule has 0 spiro atoms. The van der Waals surface area contributed by atoms with Crippen molar-refractivity contribution in [3.05, 3.63) is 66.2 Å². The van der Waals surface area contributed by atoms with Crippen molar-refractivity contribution in [1.29, 1.82) is 0 Å². The molecule has 0 radical (unpaired) electrons. The molecule has 0 bridgehead atoms. The van der Waals surface area contributed by atoms with Crippen molar-refractivity contribution >= 4 is 43.4 Å². The molecule has 2 aliphatic rings. The van der Waals surface area contributed by atoms with Gasteiger partial charge in [-0.15, -0.1) is 11.3 Å². The average Bonchev–Trinajstić information content (AvgIpc) is 2.89. The summed E-state index contributed by atoms with van der Waals surface area (Å²) in [6, 6.07) is 18.9. The molecule has 1 aromatic heterocycles. The summed E-state index contributed by atoms with van der Waals surface area (Å²) < 4.78 is 2.59. The number of thiophene rings is 1. The Bertz CT molecular complexity index is 1010. The number of fused-ring (bicyclic) bond motifs is 5. The van der Waals surface area contributed by atoms with E-state index in [4.69, 9.17) is 0 Å². The molecular weight excluding hydrogens is 288 g/mol. The number of carbonyl (C=O) groups excluding carboxylic acids is 1. The summed E-state index contributed by atoms with van der Waals surface area (Å²) in [7, 11) is 0. The fraction of sp³-hybridized carbons (Fsp3) is 0.0500. The standard InChI is InChI=1S/C20H14OS/c1-13(21)11-12-15-14-7-3-2-4-8-16(14)20-19(15)17-9-5-6-10-18(17)22-20/h2-12H,1H3/b12-11+. The van der Waals surface area contributed by atoms with Crippen LogP contribution in [0.15, 0.2) is 60.7 Å². The molecule has 106 valence electrons. The van der Waals surface area contributed by atoms with Gasteiger partial charge < -0.3 is 0 Å². The second-order valence-corrected chi connectivity index (χ2v) is 6.45. The van der Waals surface area contributed by atoms with Crippen LogP contribution in [0.3, 0.4) is 0 Å². The second kappa shape index (κ2) is 5.08. The number of hydrogen-bond acceptors (Lipinski definition) is 2. The van der Waals surface area contributed by atoms with Gasteiger partial charge in [-0.3, -0.25) is 4.79 Å². The zero-order valence-electron chi connectivity index (χ0n) is 12.2. The van der Waals surface area contributed by atoms with E-state index in [2.05, 4.69) is 48.5 Å². The van der Waals surface area contributed by atoms with Crippen molar-refractivity contribution in [3.8, 4) is 11.1 Å². The number of allylic oxidation sites excluding steroid dienone is 1. The van der Waals surface area contributed by atoms with Gasteiger partial charge in [-0.2, -0.15) is 0 Å². The van der Waals surface area contributed by atoms with Crippen LogP contribution in [0.1, 0.15) is 12.5 Å². The highest BCUT2D eigenvalue weighted by molar-refractivity contribution is 7.26. The summed E-state index contributed by atoms with van der Waals surface area (Å²) in [4.78, 5) is 11.4. The SMILES string of the molecule is CC(=O)/C=C/c1c2cccccc-2c2sc3ccccc3c12. The molecule has 0 fully saturated rings. The highest BCUT2D eigenvalue weighted by Crippen LogP contribution is 2.47. The lowest BCUT2D eigenvalue weighted by Gasteiger charge is -1.97. The van der Waals surface area contributed by atoms with Gasteiger partial charge in [0.05, 0.1) is 0 Å². The van der Waals surface area contributed by atoms with Crippen LogP contribution < -0.4 is 0 Å². The van der Waals surface area contributed by atoms with E-state index >= 15 is 0 Å². The molecule has 1 aromatic carbocycles. The van der Waals surface area contributed by atoms with Crippen LogP contribution in [0.25, 0.3) is 37.4 Å². The van der Waals surface area contributed by atoms with Gasteiger partial charge in [-0.1, -0.05) is 54.6 Å². The predicted molar refractivity (Wildman–Crippen MR) is 95.7 cm³/mol. The zero-order chi connectivity index (χ0) is 15.1. The van der Waals surface area contributed by atoms with Crippen molar-refractivity contribution in [3.63, 3.8) is 0 Å². The first-order chi connectivity index (χ1) is 10.8. The van der Waals surface area contributed by atoms with E-state index < -0.39 is 0 Å². The smallest absolute Gasteiger partial charge is 0.152 e. The van der Waals surface area contributed by atoms with Crippen LogP contribution in [0.4, 0.5) is 0 Å². The van der Waals surface area contributed by atoms with Gasteiger partial charge in [0, 0.05) is 25.7 Å². The summed E-state index contributed by atoms with van der Waals surface area (Å²) in [5, 5.41) is 2.53. The normalized spacial score (nSPS) is 11.9. The van der Waals surface area contributed by atoms with Gasteiger partial charge in [0.2, 0.25) is 0 Å². The Morgan fingerprint density at radius 1 is 0.955 bits per heavy atom. The quantitative estimate of drug-likeness (QED) is 0.430. The third-order valence-corrected chi connectivity index (χ3v) is 5.13. The molecule has 0 saturated heterocycles. The minimum Gasteiger partial charge on any atom is -0.295 e. The van der Waals surface area contributed by atoms with Crippen LogP contribution in [0.2, 0.25) is 0 Å². The highest BCUT2D eigenvalue weighted by Gasteiger charge is 2.19. The van der Waals surface area contributed by atoms with Gasteiger partial charge in [0.15, 0.2) is 5.78 Å². The largest absolute Gasteiger partial charge is 0.295 e. The number of hydrogen-bond donors (Lipinski definition) is 0. The summed E-state index contributed by atoms with van der Waals surface area (Å²) in [6.07, 6.45) is 3.62. The van der Waals surface area contributed by atoms with Gasteiger partial charge in [0.25, 0.3) is 0 Å². The topological polar surface area (TPSA) is 17.1 Å². The molecule has 0 atom stereocenters. The first-order valence-electron chi connectivity index (χ1n) is 7.26. The van der Waals surface area contributed by atoms with Crippen LogP contribution in [-0.4, -0.2) is 5.78 Å². The van der Waals surface area contributed by atoms with Crippen LogP contribution in [-0.2, 0) is 4.79 Å². The molecule has 2 heteroatoms.